The molecule has 2 aromatic heterocycles. The van der Waals surface area contributed by atoms with Gasteiger partial charge in [0.05, 0.1) is 24.1 Å². The Kier molecular flexibility index (Phi) is 7.05. The molecule has 1 aliphatic rings. The van der Waals surface area contributed by atoms with Crippen molar-refractivity contribution >= 4 is 29.0 Å². The van der Waals surface area contributed by atoms with E-state index in [-0.39, 0.29) is 11.5 Å². The van der Waals surface area contributed by atoms with Gasteiger partial charge in [0.25, 0.3) is 0 Å². The summed E-state index contributed by atoms with van der Waals surface area (Å²) in [5.74, 6) is 0.577. The molecule has 2 N–H and O–H groups in total. The second kappa shape index (κ2) is 10.1. The van der Waals surface area contributed by atoms with Gasteiger partial charge in [0, 0.05) is 34.3 Å². The number of nitrogens with zero attached hydrogens (tertiary/aromatic N) is 3. The molecule has 0 unspecified atom stereocenters. The van der Waals surface area contributed by atoms with Crippen LogP contribution in [0.3, 0.4) is 0 Å². The molecule has 0 bridgehead atoms. The monoisotopic (exact) mass is 469 g/mol. The van der Waals surface area contributed by atoms with Crippen molar-refractivity contribution in [3.05, 3.63) is 53.6 Å². The van der Waals surface area contributed by atoms with Gasteiger partial charge in [-0.1, -0.05) is 11.6 Å². The van der Waals surface area contributed by atoms with Gasteiger partial charge in [-0.05, 0) is 57.4 Å². The molecule has 1 aromatic carbocycles. The van der Waals surface area contributed by atoms with E-state index in [2.05, 4.69) is 20.6 Å². The first-order valence-corrected chi connectivity index (χ1v) is 11.1. The molecule has 0 spiro atoms. The number of rotatable bonds is 7. The van der Waals surface area contributed by atoms with Crippen molar-refractivity contribution in [1.29, 1.82) is 0 Å². The molecule has 3 aromatic rings. The average Bonchev–Trinajstić information content (AvgIpc) is 2.80. The van der Waals surface area contributed by atoms with Crippen LogP contribution in [-0.2, 0) is 4.79 Å². The van der Waals surface area contributed by atoms with Crippen LogP contribution in [0.15, 0.2) is 42.7 Å². The fourth-order valence-corrected chi connectivity index (χ4v) is 3.77. The van der Waals surface area contributed by atoms with Crippen LogP contribution < -0.4 is 15.4 Å². The number of anilines is 2. The van der Waals surface area contributed by atoms with Crippen molar-refractivity contribution < 1.29 is 13.9 Å². The van der Waals surface area contributed by atoms with Crippen LogP contribution in [0.2, 0.25) is 5.02 Å². The Bertz CT molecular complexity index is 1170. The summed E-state index contributed by atoms with van der Waals surface area (Å²) < 4.78 is 20.5. The molecule has 0 saturated heterocycles. The number of carbonyl (C=O) groups excluding carboxylic acids is 1. The third kappa shape index (κ3) is 5.58. The lowest BCUT2D eigenvalue weighted by Gasteiger charge is -2.22. The number of benzene rings is 1. The highest BCUT2D eigenvalue weighted by Gasteiger charge is 2.21. The van der Waals surface area contributed by atoms with E-state index in [1.807, 2.05) is 25.1 Å². The van der Waals surface area contributed by atoms with Gasteiger partial charge >= 0.3 is 0 Å². The smallest absolute Gasteiger partial charge is 0.224 e. The van der Waals surface area contributed by atoms with E-state index in [1.54, 1.807) is 24.5 Å². The summed E-state index contributed by atoms with van der Waals surface area (Å²) in [5.41, 5.74) is 2.69. The second-order valence-corrected chi connectivity index (χ2v) is 8.49. The van der Waals surface area contributed by atoms with Gasteiger partial charge in [-0.15, -0.1) is 0 Å². The van der Waals surface area contributed by atoms with E-state index in [4.69, 9.17) is 16.3 Å². The lowest BCUT2D eigenvalue weighted by atomic mass is 10.0. The minimum atomic E-state index is -0.425. The first kappa shape index (κ1) is 22.9. The lowest BCUT2D eigenvalue weighted by Crippen LogP contribution is -2.20. The Morgan fingerprint density at radius 1 is 1.24 bits per heavy atom. The predicted octanol–water partition coefficient (Wildman–Crippen LogP) is 4.69. The maximum atomic E-state index is 14.6. The third-order valence-electron chi connectivity index (χ3n) is 5.16. The zero-order valence-electron chi connectivity index (χ0n) is 18.5. The Morgan fingerprint density at radius 3 is 2.91 bits per heavy atom. The number of halogens is 2. The highest BCUT2D eigenvalue weighted by Crippen LogP contribution is 2.41. The molecule has 7 nitrogen and oxygen atoms in total. The van der Waals surface area contributed by atoms with Gasteiger partial charge < -0.3 is 20.3 Å². The minimum absolute atomic E-state index is 0.0767. The molecule has 0 saturated carbocycles. The number of pyridine rings is 2. The molecule has 0 radical (unpaired) electrons. The van der Waals surface area contributed by atoms with Crippen molar-refractivity contribution in [2.45, 2.75) is 12.8 Å². The molecule has 0 atom stereocenters. The number of carbonyl (C=O) groups is 1. The molecule has 1 aliphatic heterocycles. The largest absolute Gasteiger partial charge is 0.487 e. The first-order chi connectivity index (χ1) is 15.9. The topological polar surface area (TPSA) is 79.4 Å². The Balaban J connectivity index is 1.68. The fourth-order valence-electron chi connectivity index (χ4n) is 3.60. The standard InChI is InChI=1S/C24H25ClFN5O2/c1-31(2)8-3-4-22(32)29-17-10-15(13-27-14-17)18-12-21(19-11-16(25)5-6-20(19)26)30-24-23(18)33-9-7-28-24/h5-6,10-14H,3-4,7-9H2,1-2H3,(H,28,30)(H,29,32). The Morgan fingerprint density at radius 2 is 2.09 bits per heavy atom. The van der Waals surface area contributed by atoms with Gasteiger partial charge in [-0.2, -0.15) is 0 Å². The summed E-state index contributed by atoms with van der Waals surface area (Å²) in [6, 6.07) is 7.93. The maximum Gasteiger partial charge on any atom is 0.224 e. The number of nitrogens with one attached hydrogen (secondary N) is 2. The normalized spacial score (nSPS) is 12.6. The third-order valence-corrected chi connectivity index (χ3v) is 5.40. The van der Waals surface area contributed by atoms with Crippen molar-refractivity contribution in [2.75, 3.05) is 44.4 Å². The van der Waals surface area contributed by atoms with Crippen LogP contribution in [0.25, 0.3) is 22.4 Å². The number of hydrogen-bond donors (Lipinski definition) is 2. The Labute approximate surface area is 197 Å². The summed E-state index contributed by atoms with van der Waals surface area (Å²) >= 11 is 6.10. The number of fused-ring (bicyclic) bond motifs is 1. The highest BCUT2D eigenvalue weighted by atomic mass is 35.5. The van der Waals surface area contributed by atoms with E-state index in [0.717, 1.165) is 13.0 Å². The quantitative estimate of drug-likeness (QED) is 0.522. The van der Waals surface area contributed by atoms with E-state index in [1.165, 1.54) is 12.1 Å². The fraction of sp³-hybridized carbons (Fsp3) is 0.292. The van der Waals surface area contributed by atoms with Crippen LogP contribution in [0, 0.1) is 5.82 Å². The van der Waals surface area contributed by atoms with Gasteiger partial charge in [-0.25, -0.2) is 9.37 Å². The number of amides is 1. The van der Waals surface area contributed by atoms with E-state index >= 15 is 0 Å². The number of hydrogen-bond acceptors (Lipinski definition) is 6. The SMILES string of the molecule is CN(C)CCCC(=O)Nc1cncc(-c2cc(-c3cc(Cl)ccc3F)nc3c2OCCN3)c1. The van der Waals surface area contributed by atoms with Crippen molar-refractivity contribution in [2.24, 2.45) is 0 Å². The van der Waals surface area contributed by atoms with Crippen LogP contribution in [0.5, 0.6) is 5.75 Å². The van der Waals surface area contributed by atoms with E-state index < -0.39 is 5.82 Å². The summed E-state index contributed by atoms with van der Waals surface area (Å²) in [6.45, 7) is 1.90. The predicted molar refractivity (Wildman–Crippen MR) is 128 cm³/mol. The molecule has 0 aliphatic carbocycles. The first-order valence-electron chi connectivity index (χ1n) is 10.7. The van der Waals surface area contributed by atoms with Crippen LogP contribution in [0.4, 0.5) is 15.9 Å². The zero-order valence-corrected chi connectivity index (χ0v) is 19.2. The van der Waals surface area contributed by atoms with E-state index in [9.17, 15) is 9.18 Å². The molecular formula is C24H25ClFN5O2. The molecule has 0 fully saturated rings. The molecule has 3 heterocycles. The molecule has 9 heteroatoms. The molecular weight excluding hydrogens is 445 g/mol. The number of aromatic nitrogens is 2. The van der Waals surface area contributed by atoms with Gasteiger partial charge in [0.2, 0.25) is 5.91 Å². The van der Waals surface area contributed by atoms with Crippen molar-refractivity contribution in [1.82, 2.24) is 14.9 Å². The highest BCUT2D eigenvalue weighted by molar-refractivity contribution is 6.30. The molecule has 33 heavy (non-hydrogen) atoms. The Hall–Kier alpha value is -3.23. The second-order valence-electron chi connectivity index (χ2n) is 8.05. The van der Waals surface area contributed by atoms with Crippen molar-refractivity contribution in [3.63, 3.8) is 0 Å². The maximum absolute atomic E-state index is 14.6. The summed E-state index contributed by atoms with van der Waals surface area (Å²) in [4.78, 5) is 23.2. The minimum Gasteiger partial charge on any atom is -0.487 e. The van der Waals surface area contributed by atoms with E-state index in [0.29, 0.717) is 58.7 Å². The van der Waals surface area contributed by atoms with Crippen LogP contribution in [-0.4, -0.2) is 54.6 Å². The molecule has 4 rings (SSSR count). The van der Waals surface area contributed by atoms with Gasteiger partial charge in [0.1, 0.15) is 12.4 Å². The summed E-state index contributed by atoms with van der Waals surface area (Å²) in [5, 5.41) is 6.52. The average molecular weight is 470 g/mol. The molecule has 1 amide bonds. The van der Waals surface area contributed by atoms with Crippen LogP contribution in [0.1, 0.15) is 12.8 Å². The van der Waals surface area contributed by atoms with Crippen LogP contribution >= 0.6 is 11.6 Å². The zero-order chi connectivity index (χ0) is 23.4. The summed E-state index contributed by atoms with van der Waals surface area (Å²) in [6.07, 6.45) is 4.45. The van der Waals surface area contributed by atoms with Crippen molar-refractivity contribution in [3.8, 4) is 28.1 Å². The van der Waals surface area contributed by atoms with Gasteiger partial charge in [-0.3, -0.25) is 9.78 Å². The summed E-state index contributed by atoms with van der Waals surface area (Å²) in [7, 11) is 3.95. The number of ether oxygens (including phenoxy) is 1. The molecule has 172 valence electrons. The lowest BCUT2D eigenvalue weighted by molar-refractivity contribution is -0.116. The van der Waals surface area contributed by atoms with Gasteiger partial charge in [0.15, 0.2) is 11.6 Å².